The lowest BCUT2D eigenvalue weighted by Gasteiger charge is -2.13. The zero-order valence-electron chi connectivity index (χ0n) is 10.6. The topological polar surface area (TPSA) is 20.2 Å². The average molecular weight is 236 g/mol. The van der Waals surface area contributed by atoms with E-state index in [2.05, 4.69) is 38.1 Å². The SMILES string of the molecule is CC(C)c1cccc2cc3ccccc3c(O)c12. The monoisotopic (exact) mass is 236 g/mol. The zero-order valence-corrected chi connectivity index (χ0v) is 10.6. The molecule has 3 aromatic rings. The van der Waals surface area contributed by atoms with Crippen LogP contribution in [0, 0.1) is 0 Å². The smallest absolute Gasteiger partial charge is 0.131 e. The summed E-state index contributed by atoms with van der Waals surface area (Å²) in [5.74, 6) is 0.813. The predicted octanol–water partition coefficient (Wildman–Crippen LogP) is 4.82. The van der Waals surface area contributed by atoms with Gasteiger partial charge in [-0.1, -0.05) is 56.3 Å². The molecule has 0 aliphatic heterocycles. The van der Waals surface area contributed by atoms with E-state index in [4.69, 9.17) is 0 Å². The van der Waals surface area contributed by atoms with Crippen LogP contribution in [-0.2, 0) is 0 Å². The number of hydrogen-bond donors (Lipinski definition) is 1. The molecule has 0 fully saturated rings. The molecule has 0 spiro atoms. The quantitative estimate of drug-likeness (QED) is 0.600. The first-order valence-corrected chi connectivity index (χ1v) is 6.32. The molecule has 90 valence electrons. The van der Waals surface area contributed by atoms with Gasteiger partial charge >= 0.3 is 0 Å². The number of phenols is 1. The Balaban J connectivity index is 2.53. The normalized spacial score (nSPS) is 11.5. The van der Waals surface area contributed by atoms with Crippen molar-refractivity contribution in [2.75, 3.05) is 0 Å². The Morgan fingerprint density at radius 3 is 2.39 bits per heavy atom. The molecule has 0 radical (unpaired) electrons. The molecule has 1 nitrogen and oxygen atoms in total. The maximum Gasteiger partial charge on any atom is 0.131 e. The van der Waals surface area contributed by atoms with Gasteiger partial charge in [-0.05, 0) is 28.3 Å². The molecule has 0 saturated carbocycles. The van der Waals surface area contributed by atoms with Crippen molar-refractivity contribution in [1.29, 1.82) is 0 Å². The second kappa shape index (κ2) is 4.02. The first-order valence-electron chi connectivity index (χ1n) is 6.32. The molecule has 1 heteroatoms. The molecule has 0 aliphatic carbocycles. The van der Waals surface area contributed by atoms with E-state index in [9.17, 15) is 5.11 Å². The molecule has 0 amide bonds. The van der Waals surface area contributed by atoms with E-state index in [0.29, 0.717) is 11.7 Å². The predicted molar refractivity (Wildman–Crippen MR) is 77.2 cm³/mol. The van der Waals surface area contributed by atoms with Gasteiger partial charge in [0.2, 0.25) is 0 Å². The van der Waals surface area contributed by atoms with Crippen LogP contribution in [0.4, 0.5) is 0 Å². The van der Waals surface area contributed by atoms with Crippen molar-refractivity contribution < 1.29 is 5.11 Å². The van der Waals surface area contributed by atoms with E-state index in [0.717, 1.165) is 21.5 Å². The Hall–Kier alpha value is -2.02. The standard InChI is InChI=1S/C17H16O/c1-11(2)14-9-5-7-13-10-12-6-3-4-8-15(12)17(18)16(13)14/h3-11,18H,1-2H3. The van der Waals surface area contributed by atoms with Crippen LogP contribution in [0.2, 0.25) is 0 Å². The lowest BCUT2D eigenvalue weighted by atomic mass is 9.93. The van der Waals surface area contributed by atoms with Gasteiger partial charge in [-0.3, -0.25) is 0 Å². The summed E-state index contributed by atoms with van der Waals surface area (Å²) in [6.07, 6.45) is 0. The van der Waals surface area contributed by atoms with Gasteiger partial charge in [-0.25, -0.2) is 0 Å². The summed E-state index contributed by atoms with van der Waals surface area (Å²) in [6.45, 7) is 4.31. The fraction of sp³-hybridized carbons (Fsp3) is 0.176. The molecule has 0 bridgehead atoms. The summed E-state index contributed by atoms with van der Waals surface area (Å²) in [6, 6.07) is 16.3. The van der Waals surface area contributed by atoms with Crippen molar-refractivity contribution in [2.24, 2.45) is 0 Å². The molecule has 0 aliphatic rings. The maximum atomic E-state index is 10.5. The van der Waals surface area contributed by atoms with Gasteiger partial charge < -0.3 is 5.11 Å². The van der Waals surface area contributed by atoms with Crippen molar-refractivity contribution >= 4 is 21.5 Å². The molecule has 1 N–H and O–H groups in total. The Kier molecular flexibility index (Phi) is 2.48. The van der Waals surface area contributed by atoms with Crippen LogP contribution in [0.1, 0.15) is 25.3 Å². The highest BCUT2D eigenvalue weighted by Crippen LogP contribution is 2.38. The van der Waals surface area contributed by atoms with Crippen LogP contribution >= 0.6 is 0 Å². The van der Waals surface area contributed by atoms with Crippen LogP contribution in [0.15, 0.2) is 48.5 Å². The number of phenolic OH excluding ortho intramolecular Hbond substituents is 1. The summed E-state index contributed by atoms with van der Waals surface area (Å²) in [4.78, 5) is 0. The summed E-state index contributed by atoms with van der Waals surface area (Å²) in [7, 11) is 0. The summed E-state index contributed by atoms with van der Waals surface area (Å²) in [5.41, 5.74) is 1.20. The van der Waals surface area contributed by atoms with Gasteiger partial charge in [-0.15, -0.1) is 0 Å². The van der Waals surface area contributed by atoms with Gasteiger partial charge in [0, 0.05) is 10.8 Å². The van der Waals surface area contributed by atoms with Gasteiger partial charge in [0.15, 0.2) is 0 Å². The first kappa shape index (κ1) is 11.1. The van der Waals surface area contributed by atoms with Crippen molar-refractivity contribution in [2.45, 2.75) is 19.8 Å². The van der Waals surface area contributed by atoms with E-state index in [1.807, 2.05) is 24.3 Å². The molecule has 0 saturated heterocycles. The fourth-order valence-corrected chi connectivity index (χ4v) is 2.60. The third-order valence-corrected chi connectivity index (χ3v) is 3.51. The third kappa shape index (κ3) is 1.55. The molecule has 0 heterocycles. The highest BCUT2D eigenvalue weighted by atomic mass is 16.3. The fourth-order valence-electron chi connectivity index (χ4n) is 2.60. The number of rotatable bonds is 1. The highest BCUT2D eigenvalue weighted by Gasteiger charge is 2.11. The average Bonchev–Trinajstić information content (AvgIpc) is 2.38. The van der Waals surface area contributed by atoms with Crippen LogP contribution in [0.5, 0.6) is 5.75 Å². The van der Waals surface area contributed by atoms with Gasteiger partial charge in [0.05, 0.1) is 0 Å². The molecular formula is C17H16O. The van der Waals surface area contributed by atoms with Crippen LogP contribution in [0.25, 0.3) is 21.5 Å². The van der Waals surface area contributed by atoms with Crippen LogP contribution < -0.4 is 0 Å². The minimum absolute atomic E-state index is 0.403. The molecule has 3 rings (SSSR count). The van der Waals surface area contributed by atoms with Crippen molar-refractivity contribution in [3.8, 4) is 5.75 Å². The van der Waals surface area contributed by atoms with Gasteiger partial charge in [0.25, 0.3) is 0 Å². The van der Waals surface area contributed by atoms with Gasteiger partial charge in [0.1, 0.15) is 5.75 Å². The molecule has 3 aromatic carbocycles. The third-order valence-electron chi connectivity index (χ3n) is 3.51. The summed E-state index contributed by atoms with van der Waals surface area (Å²) >= 11 is 0. The number of fused-ring (bicyclic) bond motifs is 2. The molecule has 0 aromatic heterocycles. The first-order chi connectivity index (χ1) is 8.68. The van der Waals surface area contributed by atoms with Crippen LogP contribution in [0.3, 0.4) is 0 Å². The van der Waals surface area contributed by atoms with Crippen molar-refractivity contribution in [3.63, 3.8) is 0 Å². The van der Waals surface area contributed by atoms with E-state index in [1.54, 1.807) is 0 Å². The number of hydrogen-bond acceptors (Lipinski definition) is 1. The Morgan fingerprint density at radius 2 is 1.61 bits per heavy atom. The highest BCUT2D eigenvalue weighted by molar-refractivity contribution is 6.06. The lowest BCUT2D eigenvalue weighted by molar-refractivity contribution is 0.487. The van der Waals surface area contributed by atoms with E-state index >= 15 is 0 Å². The Morgan fingerprint density at radius 1 is 0.889 bits per heavy atom. The summed E-state index contributed by atoms with van der Waals surface area (Å²) < 4.78 is 0. The second-order valence-electron chi connectivity index (χ2n) is 5.05. The van der Waals surface area contributed by atoms with Crippen LogP contribution in [-0.4, -0.2) is 5.11 Å². The number of benzene rings is 3. The minimum atomic E-state index is 0.403. The maximum absolute atomic E-state index is 10.5. The molecular weight excluding hydrogens is 220 g/mol. The molecule has 0 atom stereocenters. The Labute approximate surface area is 107 Å². The molecule has 0 unspecified atom stereocenters. The van der Waals surface area contributed by atoms with Crippen molar-refractivity contribution in [1.82, 2.24) is 0 Å². The van der Waals surface area contributed by atoms with E-state index in [-0.39, 0.29) is 0 Å². The minimum Gasteiger partial charge on any atom is -0.507 e. The number of aromatic hydroxyl groups is 1. The Bertz CT molecular complexity index is 726. The van der Waals surface area contributed by atoms with E-state index < -0.39 is 0 Å². The van der Waals surface area contributed by atoms with Crippen molar-refractivity contribution in [3.05, 3.63) is 54.1 Å². The van der Waals surface area contributed by atoms with Gasteiger partial charge in [-0.2, -0.15) is 0 Å². The van der Waals surface area contributed by atoms with E-state index in [1.165, 1.54) is 5.56 Å². The lowest BCUT2D eigenvalue weighted by Crippen LogP contribution is -1.90. The zero-order chi connectivity index (χ0) is 12.7. The largest absolute Gasteiger partial charge is 0.507 e. The summed E-state index contributed by atoms with van der Waals surface area (Å²) in [5, 5.41) is 14.7. The molecule has 18 heavy (non-hydrogen) atoms. The second-order valence-corrected chi connectivity index (χ2v) is 5.05.